The number of hydrogen-bond acceptors (Lipinski definition) is 4. The van der Waals surface area contributed by atoms with Gasteiger partial charge < -0.3 is 9.88 Å². The first-order chi connectivity index (χ1) is 9.61. The van der Waals surface area contributed by atoms with E-state index >= 15 is 0 Å². The maximum absolute atomic E-state index is 10.9. The minimum atomic E-state index is -0.406. The molecule has 0 amide bonds. The third-order valence-corrected chi connectivity index (χ3v) is 3.75. The molecule has 1 N–H and O–H groups in total. The Morgan fingerprint density at radius 2 is 2.30 bits per heavy atom. The molecule has 1 heterocycles. The SMILES string of the molecule is Cn1c(C#N)c(CNC2CC2)c2cc([N+](=O)[O-])ccc21. The molecular formula is C14H14N4O2. The van der Waals surface area contributed by atoms with Gasteiger partial charge in [0.05, 0.1) is 4.92 Å². The average molecular weight is 270 g/mol. The number of nitro groups is 1. The Morgan fingerprint density at radius 3 is 2.90 bits per heavy atom. The summed E-state index contributed by atoms with van der Waals surface area (Å²) in [5.41, 5.74) is 2.31. The number of aromatic nitrogens is 1. The molecule has 0 spiro atoms. The monoisotopic (exact) mass is 270 g/mol. The van der Waals surface area contributed by atoms with Gasteiger partial charge in [-0.1, -0.05) is 0 Å². The highest BCUT2D eigenvalue weighted by molar-refractivity contribution is 5.88. The molecule has 102 valence electrons. The minimum absolute atomic E-state index is 0.0558. The molecule has 0 atom stereocenters. The van der Waals surface area contributed by atoms with Crippen molar-refractivity contribution in [2.24, 2.45) is 7.05 Å². The van der Waals surface area contributed by atoms with Crippen LogP contribution >= 0.6 is 0 Å². The van der Waals surface area contributed by atoms with E-state index in [1.165, 1.54) is 6.07 Å². The van der Waals surface area contributed by atoms with Crippen LogP contribution in [-0.4, -0.2) is 15.5 Å². The first-order valence-corrected chi connectivity index (χ1v) is 6.51. The number of nitrogens with one attached hydrogen (secondary N) is 1. The summed E-state index contributed by atoms with van der Waals surface area (Å²) in [4.78, 5) is 10.5. The summed E-state index contributed by atoms with van der Waals surface area (Å²) in [6.45, 7) is 0.575. The first kappa shape index (κ1) is 12.6. The van der Waals surface area contributed by atoms with Crippen LogP contribution in [0.3, 0.4) is 0 Å². The zero-order chi connectivity index (χ0) is 14.3. The van der Waals surface area contributed by atoms with Crippen LogP contribution in [0.15, 0.2) is 18.2 Å². The van der Waals surface area contributed by atoms with Gasteiger partial charge >= 0.3 is 0 Å². The minimum Gasteiger partial charge on any atom is -0.335 e. The fourth-order valence-corrected chi connectivity index (χ4v) is 2.48. The van der Waals surface area contributed by atoms with Gasteiger partial charge in [0, 0.05) is 48.2 Å². The molecule has 1 aromatic carbocycles. The molecule has 1 fully saturated rings. The van der Waals surface area contributed by atoms with E-state index in [1.807, 2.05) is 7.05 Å². The Bertz CT molecular complexity index is 738. The Kier molecular flexibility index (Phi) is 2.92. The Labute approximate surface area is 115 Å². The average Bonchev–Trinajstić information content (AvgIpc) is 3.22. The lowest BCUT2D eigenvalue weighted by atomic mass is 10.1. The number of benzene rings is 1. The number of rotatable bonds is 4. The molecule has 3 rings (SSSR count). The lowest BCUT2D eigenvalue weighted by molar-refractivity contribution is -0.384. The van der Waals surface area contributed by atoms with Crippen LogP contribution < -0.4 is 5.32 Å². The van der Waals surface area contributed by atoms with Crippen molar-refractivity contribution >= 4 is 16.6 Å². The van der Waals surface area contributed by atoms with E-state index in [0.29, 0.717) is 18.3 Å². The number of aryl methyl sites for hydroxylation is 1. The maximum Gasteiger partial charge on any atom is 0.270 e. The van der Waals surface area contributed by atoms with Crippen molar-refractivity contribution in [3.05, 3.63) is 39.6 Å². The van der Waals surface area contributed by atoms with E-state index in [4.69, 9.17) is 0 Å². The van der Waals surface area contributed by atoms with Crippen LogP contribution in [0.4, 0.5) is 5.69 Å². The Hall–Kier alpha value is -2.39. The number of nitriles is 1. The van der Waals surface area contributed by atoms with Gasteiger partial charge in [0.15, 0.2) is 0 Å². The predicted molar refractivity (Wildman–Crippen MR) is 74.2 cm³/mol. The van der Waals surface area contributed by atoms with Crippen molar-refractivity contribution in [2.75, 3.05) is 0 Å². The maximum atomic E-state index is 10.9. The van der Waals surface area contributed by atoms with E-state index in [-0.39, 0.29) is 5.69 Å². The molecule has 1 aliphatic rings. The summed E-state index contributed by atoms with van der Waals surface area (Å²) in [5, 5.41) is 24.4. The molecule has 6 nitrogen and oxygen atoms in total. The molecule has 6 heteroatoms. The van der Waals surface area contributed by atoms with Crippen molar-refractivity contribution in [3.63, 3.8) is 0 Å². The molecule has 20 heavy (non-hydrogen) atoms. The number of nitrogens with zero attached hydrogens (tertiary/aromatic N) is 3. The van der Waals surface area contributed by atoms with Gasteiger partial charge in [-0.05, 0) is 18.9 Å². The fraction of sp³-hybridized carbons (Fsp3) is 0.357. The highest BCUT2D eigenvalue weighted by Gasteiger charge is 2.23. The number of fused-ring (bicyclic) bond motifs is 1. The molecule has 2 aromatic rings. The molecule has 1 aromatic heterocycles. The van der Waals surface area contributed by atoms with Gasteiger partial charge in [-0.25, -0.2) is 0 Å². The van der Waals surface area contributed by atoms with Crippen molar-refractivity contribution in [3.8, 4) is 6.07 Å². The summed E-state index contributed by atoms with van der Waals surface area (Å²) in [6, 6.07) is 7.46. The van der Waals surface area contributed by atoms with Crippen LogP contribution in [0.2, 0.25) is 0 Å². The first-order valence-electron chi connectivity index (χ1n) is 6.51. The number of non-ortho nitro benzene ring substituents is 1. The molecule has 0 unspecified atom stereocenters. The smallest absolute Gasteiger partial charge is 0.270 e. The highest BCUT2D eigenvalue weighted by atomic mass is 16.6. The zero-order valence-electron chi connectivity index (χ0n) is 11.1. The summed E-state index contributed by atoms with van der Waals surface area (Å²) in [7, 11) is 1.81. The topological polar surface area (TPSA) is 83.9 Å². The second-order valence-electron chi connectivity index (χ2n) is 5.11. The summed E-state index contributed by atoms with van der Waals surface area (Å²) in [5.74, 6) is 0. The standard InChI is InChI=1S/C14H14N4O2/c1-17-13-5-4-10(18(19)20)6-11(13)12(14(17)7-15)8-16-9-2-3-9/h4-6,9,16H,2-3,8H2,1H3. The largest absolute Gasteiger partial charge is 0.335 e. The lowest BCUT2D eigenvalue weighted by Gasteiger charge is -2.02. The Morgan fingerprint density at radius 1 is 1.55 bits per heavy atom. The zero-order valence-corrected chi connectivity index (χ0v) is 11.1. The van der Waals surface area contributed by atoms with Gasteiger partial charge in [0.2, 0.25) is 0 Å². The second-order valence-corrected chi connectivity index (χ2v) is 5.11. The van der Waals surface area contributed by atoms with Crippen LogP contribution in [0.1, 0.15) is 24.1 Å². The normalized spacial score (nSPS) is 14.4. The highest BCUT2D eigenvalue weighted by Crippen LogP contribution is 2.29. The van der Waals surface area contributed by atoms with Crippen LogP contribution in [0, 0.1) is 21.4 Å². The molecule has 0 radical (unpaired) electrons. The van der Waals surface area contributed by atoms with Gasteiger partial charge in [-0.2, -0.15) is 5.26 Å². The van der Waals surface area contributed by atoms with Gasteiger partial charge in [-0.15, -0.1) is 0 Å². The number of hydrogen-bond donors (Lipinski definition) is 1. The van der Waals surface area contributed by atoms with Gasteiger partial charge in [0.1, 0.15) is 11.8 Å². The molecule has 1 saturated carbocycles. The second kappa shape index (κ2) is 4.62. The number of nitro benzene ring substituents is 1. The van der Waals surface area contributed by atoms with Crippen molar-refractivity contribution in [2.45, 2.75) is 25.4 Å². The van der Waals surface area contributed by atoms with Gasteiger partial charge in [-0.3, -0.25) is 10.1 Å². The molecular weight excluding hydrogens is 256 g/mol. The van der Waals surface area contributed by atoms with E-state index in [9.17, 15) is 15.4 Å². The summed E-state index contributed by atoms with van der Waals surface area (Å²) < 4.78 is 1.79. The third kappa shape index (κ3) is 2.02. The van der Waals surface area contributed by atoms with Crippen LogP contribution in [0.5, 0.6) is 0 Å². The van der Waals surface area contributed by atoms with Crippen molar-refractivity contribution < 1.29 is 4.92 Å². The van der Waals surface area contributed by atoms with Crippen molar-refractivity contribution in [1.29, 1.82) is 5.26 Å². The van der Waals surface area contributed by atoms with E-state index < -0.39 is 4.92 Å². The summed E-state index contributed by atoms with van der Waals surface area (Å²) >= 11 is 0. The van der Waals surface area contributed by atoms with Crippen LogP contribution in [0.25, 0.3) is 10.9 Å². The Balaban J connectivity index is 2.14. The van der Waals surface area contributed by atoms with Gasteiger partial charge in [0.25, 0.3) is 5.69 Å². The van der Waals surface area contributed by atoms with Crippen LogP contribution in [-0.2, 0) is 13.6 Å². The molecule has 0 bridgehead atoms. The van der Waals surface area contributed by atoms with Crippen molar-refractivity contribution in [1.82, 2.24) is 9.88 Å². The lowest BCUT2D eigenvalue weighted by Crippen LogP contribution is -2.16. The predicted octanol–water partition coefficient (Wildman–Crippen LogP) is 2.21. The summed E-state index contributed by atoms with van der Waals surface area (Å²) in [6.07, 6.45) is 2.32. The van der Waals surface area contributed by atoms with E-state index in [2.05, 4.69) is 11.4 Å². The van der Waals surface area contributed by atoms with E-state index in [1.54, 1.807) is 16.7 Å². The third-order valence-electron chi connectivity index (χ3n) is 3.75. The fourth-order valence-electron chi connectivity index (χ4n) is 2.48. The molecule has 0 saturated heterocycles. The molecule has 0 aliphatic heterocycles. The quantitative estimate of drug-likeness (QED) is 0.682. The molecule has 1 aliphatic carbocycles. The van der Waals surface area contributed by atoms with E-state index in [0.717, 1.165) is 29.3 Å².